The van der Waals surface area contributed by atoms with E-state index in [1.54, 1.807) is 12.1 Å². The SMILES string of the molecule is CC(C)C(Cl)c1cc(Cl)ccc1Cl. The van der Waals surface area contributed by atoms with E-state index in [4.69, 9.17) is 34.8 Å². The monoisotopic (exact) mass is 236 g/mol. The number of halogens is 3. The van der Waals surface area contributed by atoms with Gasteiger partial charge in [0.1, 0.15) is 0 Å². The van der Waals surface area contributed by atoms with Crippen LogP contribution in [-0.4, -0.2) is 0 Å². The van der Waals surface area contributed by atoms with E-state index in [1.165, 1.54) is 0 Å². The highest BCUT2D eigenvalue weighted by Crippen LogP contribution is 2.34. The summed E-state index contributed by atoms with van der Waals surface area (Å²) in [6.45, 7) is 4.10. The van der Waals surface area contributed by atoms with Gasteiger partial charge in [-0.1, -0.05) is 37.0 Å². The zero-order valence-electron chi connectivity index (χ0n) is 7.52. The second-order valence-corrected chi connectivity index (χ2v) is 4.63. The van der Waals surface area contributed by atoms with Crippen molar-refractivity contribution in [2.45, 2.75) is 19.2 Å². The van der Waals surface area contributed by atoms with Crippen molar-refractivity contribution in [3.05, 3.63) is 33.8 Å². The van der Waals surface area contributed by atoms with Crippen molar-refractivity contribution in [2.75, 3.05) is 0 Å². The Balaban J connectivity index is 3.05. The van der Waals surface area contributed by atoms with E-state index in [0.717, 1.165) is 5.56 Å². The first kappa shape index (κ1) is 11.2. The molecule has 0 aliphatic rings. The summed E-state index contributed by atoms with van der Waals surface area (Å²) >= 11 is 18.0. The third kappa shape index (κ3) is 2.77. The van der Waals surface area contributed by atoms with Crippen molar-refractivity contribution in [1.82, 2.24) is 0 Å². The number of rotatable bonds is 2. The van der Waals surface area contributed by atoms with Crippen LogP contribution >= 0.6 is 34.8 Å². The van der Waals surface area contributed by atoms with Gasteiger partial charge in [-0.3, -0.25) is 0 Å². The molecule has 1 atom stereocenters. The fourth-order valence-electron chi connectivity index (χ4n) is 1.09. The first-order valence-corrected chi connectivity index (χ1v) is 5.30. The summed E-state index contributed by atoms with van der Waals surface area (Å²) in [4.78, 5) is 0. The zero-order chi connectivity index (χ0) is 10.0. The van der Waals surface area contributed by atoms with Crippen LogP contribution in [0.2, 0.25) is 10.0 Å². The summed E-state index contributed by atoms with van der Waals surface area (Å²) < 4.78 is 0. The van der Waals surface area contributed by atoms with Crippen molar-refractivity contribution >= 4 is 34.8 Å². The van der Waals surface area contributed by atoms with Crippen molar-refractivity contribution in [1.29, 1.82) is 0 Å². The fourth-order valence-corrected chi connectivity index (χ4v) is 1.74. The summed E-state index contributed by atoms with van der Waals surface area (Å²) in [6, 6.07) is 5.36. The Kier molecular flexibility index (Phi) is 3.90. The lowest BCUT2D eigenvalue weighted by molar-refractivity contribution is 0.624. The number of benzene rings is 1. The number of hydrogen-bond donors (Lipinski definition) is 0. The average molecular weight is 238 g/mol. The minimum atomic E-state index is -0.0776. The molecule has 0 saturated heterocycles. The molecule has 13 heavy (non-hydrogen) atoms. The van der Waals surface area contributed by atoms with E-state index < -0.39 is 0 Å². The standard InChI is InChI=1S/C10H11Cl3/c1-6(2)10(13)8-5-7(11)3-4-9(8)12/h3-6,10H,1-2H3. The molecule has 72 valence electrons. The molecule has 0 heterocycles. The van der Waals surface area contributed by atoms with Crippen LogP contribution in [0.5, 0.6) is 0 Å². The molecule has 1 aromatic rings. The van der Waals surface area contributed by atoms with Crippen LogP contribution in [0.25, 0.3) is 0 Å². The molecular weight excluding hydrogens is 226 g/mol. The van der Waals surface area contributed by atoms with Gasteiger partial charge >= 0.3 is 0 Å². The second-order valence-electron chi connectivity index (χ2n) is 3.31. The van der Waals surface area contributed by atoms with Gasteiger partial charge in [0, 0.05) is 10.0 Å². The molecule has 3 heteroatoms. The zero-order valence-corrected chi connectivity index (χ0v) is 9.79. The minimum absolute atomic E-state index is 0.0776. The fraction of sp³-hybridized carbons (Fsp3) is 0.400. The second kappa shape index (κ2) is 4.54. The molecule has 0 N–H and O–H groups in total. The van der Waals surface area contributed by atoms with Crippen LogP contribution in [0, 0.1) is 5.92 Å². The van der Waals surface area contributed by atoms with Gasteiger partial charge in [0.25, 0.3) is 0 Å². The van der Waals surface area contributed by atoms with E-state index in [1.807, 2.05) is 6.07 Å². The van der Waals surface area contributed by atoms with Crippen molar-refractivity contribution < 1.29 is 0 Å². The Bertz CT molecular complexity index is 294. The van der Waals surface area contributed by atoms with Gasteiger partial charge in [-0.25, -0.2) is 0 Å². The van der Waals surface area contributed by atoms with Crippen LogP contribution in [0.4, 0.5) is 0 Å². The lowest BCUT2D eigenvalue weighted by atomic mass is 10.0. The third-order valence-electron chi connectivity index (χ3n) is 1.84. The molecule has 0 bridgehead atoms. The van der Waals surface area contributed by atoms with Gasteiger partial charge in [0.05, 0.1) is 5.38 Å². The Morgan fingerprint density at radius 2 is 1.77 bits per heavy atom. The van der Waals surface area contributed by atoms with E-state index in [2.05, 4.69) is 13.8 Å². The Morgan fingerprint density at radius 1 is 1.15 bits per heavy atom. The molecule has 0 saturated carbocycles. The summed E-state index contributed by atoms with van der Waals surface area (Å²) in [6.07, 6.45) is 0. The minimum Gasteiger partial charge on any atom is -0.117 e. The highest BCUT2D eigenvalue weighted by Gasteiger charge is 2.15. The Morgan fingerprint density at radius 3 is 2.31 bits per heavy atom. The van der Waals surface area contributed by atoms with Crippen LogP contribution in [0.3, 0.4) is 0 Å². The first-order chi connectivity index (χ1) is 6.02. The smallest absolute Gasteiger partial charge is 0.0623 e. The van der Waals surface area contributed by atoms with E-state index in [9.17, 15) is 0 Å². The van der Waals surface area contributed by atoms with Gasteiger partial charge in [-0.2, -0.15) is 0 Å². The maximum atomic E-state index is 6.18. The maximum Gasteiger partial charge on any atom is 0.0623 e. The molecule has 0 spiro atoms. The molecule has 0 aliphatic heterocycles. The summed E-state index contributed by atoms with van der Waals surface area (Å²) in [7, 11) is 0. The molecule has 0 aromatic heterocycles. The molecule has 0 amide bonds. The first-order valence-electron chi connectivity index (χ1n) is 4.11. The van der Waals surface area contributed by atoms with E-state index >= 15 is 0 Å². The molecule has 0 aliphatic carbocycles. The lowest BCUT2D eigenvalue weighted by Crippen LogP contribution is -1.99. The van der Waals surface area contributed by atoms with Gasteiger partial charge in [0.2, 0.25) is 0 Å². The average Bonchev–Trinajstić information content (AvgIpc) is 2.08. The van der Waals surface area contributed by atoms with E-state index in [-0.39, 0.29) is 5.38 Å². The highest BCUT2D eigenvalue weighted by molar-refractivity contribution is 6.34. The predicted octanol–water partition coefficient (Wildman–Crippen LogP) is 4.93. The van der Waals surface area contributed by atoms with Crippen LogP contribution in [-0.2, 0) is 0 Å². The molecule has 1 rings (SSSR count). The molecule has 1 aromatic carbocycles. The summed E-state index contributed by atoms with van der Waals surface area (Å²) in [5.74, 6) is 0.345. The molecule has 0 radical (unpaired) electrons. The summed E-state index contributed by atoms with van der Waals surface area (Å²) in [5.41, 5.74) is 0.908. The van der Waals surface area contributed by atoms with Crippen LogP contribution in [0.15, 0.2) is 18.2 Å². The quantitative estimate of drug-likeness (QED) is 0.640. The number of hydrogen-bond acceptors (Lipinski definition) is 0. The molecule has 1 unspecified atom stereocenters. The van der Waals surface area contributed by atoms with E-state index in [0.29, 0.717) is 16.0 Å². The predicted molar refractivity (Wildman–Crippen MR) is 59.9 cm³/mol. The Hall–Kier alpha value is 0.0900. The molecule has 0 fully saturated rings. The van der Waals surface area contributed by atoms with Gasteiger partial charge in [0.15, 0.2) is 0 Å². The normalized spacial score (nSPS) is 13.4. The Labute approximate surface area is 93.8 Å². The van der Waals surface area contributed by atoms with Gasteiger partial charge in [-0.05, 0) is 29.7 Å². The van der Waals surface area contributed by atoms with Crippen LogP contribution < -0.4 is 0 Å². The van der Waals surface area contributed by atoms with Crippen LogP contribution in [0.1, 0.15) is 24.8 Å². The largest absolute Gasteiger partial charge is 0.117 e. The highest BCUT2D eigenvalue weighted by atomic mass is 35.5. The van der Waals surface area contributed by atoms with Crippen molar-refractivity contribution in [2.24, 2.45) is 5.92 Å². The molecule has 0 nitrogen and oxygen atoms in total. The topological polar surface area (TPSA) is 0 Å². The number of alkyl halides is 1. The third-order valence-corrected chi connectivity index (χ3v) is 3.16. The summed E-state index contributed by atoms with van der Waals surface area (Å²) in [5, 5.41) is 1.27. The van der Waals surface area contributed by atoms with Crippen molar-refractivity contribution in [3.8, 4) is 0 Å². The lowest BCUT2D eigenvalue weighted by Gasteiger charge is -2.15. The molecular formula is C10H11Cl3. The van der Waals surface area contributed by atoms with Gasteiger partial charge < -0.3 is 0 Å². The maximum absolute atomic E-state index is 6.18. The van der Waals surface area contributed by atoms with Crippen molar-refractivity contribution in [3.63, 3.8) is 0 Å². The van der Waals surface area contributed by atoms with Gasteiger partial charge in [-0.15, -0.1) is 11.6 Å².